The lowest BCUT2D eigenvalue weighted by Gasteiger charge is -2.05. The number of halogens is 3. The van der Waals surface area contributed by atoms with E-state index in [1.807, 2.05) is 35.6 Å². The highest BCUT2D eigenvalue weighted by atomic mass is 19.4. The van der Waals surface area contributed by atoms with E-state index in [0.717, 1.165) is 5.56 Å². The Kier molecular flexibility index (Phi) is 11.0. The topological polar surface area (TPSA) is 112 Å². The summed E-state index contributed by atoms with van der Waals surface area (Å²) in [5.41, 5.74) is 0.927. The summed E-state index contributed by atoms with van der Waals surface area (Å²) < 4.78 is 41.3. The molecule has 3 N–H and O–H groups in total. The summed E-state index contributed by atoms with van der Waals surface area (Å²) in [5, 5.41) is 19.2. The van der Waals surface area contributed by atoms with Crippen LogP contribution in [0.3, 0.4) is 0 Å². The number of hydrogen-bond acceptors (Lipinski definition) is 6. The smallest absolute Gasteiger partial charge is 0.508 e. The highest BCUT2D eigenvalue weighted by Crippen LogP contribution is 2.11. The molecule has 0 bridgehead atoms. The molecule has 10 heteroatoms. The predicted molar refractivity (Wildman–Crippen MR) is 72.4 cm³/mol. The molecular formula is C14H18F3NO6. The number of carbonyl (C=O) groups excluding carboxylic acids is 2. The van der Waals surface area contributed by atoms with Crippen LogP contribution >= 0.6 is 0 Å². The van der Waals surface area contributed by atoms with Crippen LogP contribution in [0, 0.1) is 0 Å². The van der Waals surface area contributed by atoms with Crippen LogP contribution < -0.4 is 10.4 Å². The summed E-state index contributed by atoms with van der Waals surface area (Å²) in [4.78, 5) is 19.9. The number of carboxylic acid groups (broad SMARTS) is 1. The summed E-state index contributed by atoms with van der Waals surface area (Å²) in [5.74, 6) is -3.01. The van der Waals surface area contributed by atoms with Gasteiger partial charge < -0.3 is 29.8 Å². The van der Waals surface area contributed by atoms with Crippen molar-refractivity contribution in [2.75, 3.05) is 26.3 Å². The van der Waals surface area contributed by atoms with Crippen LogP contribution in [0.2, 0.25) is 0 Å². The second-order valence-corrected chi connectivity index (χ2v) is 4.25. The minimum absolute atomic E-state index is 0.123. The van der Waals surface area contributed by atoms with E-state index in [1.165, 1.54) is 0 Å². The summed E-state index contributed by atoms with van der Waals surface area (Å²) in [6.07, 6.45) is -5.86. The fraction of sp³-hybridized carbons (Fsp3) is 0.429. The van der Waals surface area contributed by atoms with E-state index in [-0.39, 0.29) is 19.8 Å². The zero-order valence-corrected chi connectivity index (χ0v) is 12.6. The Morgan fingerprint density at radius 1 is 1.12 bits per heavy atom. The van der Waals surface area contributed by atoms with Gasteiger partial charge in [-0.25, -0.2) is 4.79 Å². The molecule has 1 aromatic carbocycles. The maximum absolute atomic E-state index is 11.1. The maximum Gasteiger partial charge on any atom is 0.508 e. The Hall–Kier alpha value is -2.33. The lowest BCUT2D eigenvalue weighted by atomic mass is 10.2. The number of quaternary nitrogens is 1. The second kappa shape index (κ2) is 12.1. The number of aliphatic hydroxyl groups excluding tert-OH is 1. The third-order valence-corrected chi connectivity index (χ3v) is 2.31. The normalized spacial score (nSPS) is 10.3. The summed E-state index contributed by atoms with van der Waals surface area (Å²) in [6, 6.07) is 9.42. The van der Waals surface area contributed by atoms with Crippen LogP contribution in [-0.2, 0) is 20.9 Å². The highest BCUT2D eigenvalue weighted by Gasteiger charge is 2.28. The number of rotatable bonds is 7. The molecule has 0 aromatic heterocycles. The van der Waals surface area contributed by atoms with Crippen molar-refractivity contribution in [3.05, 3.63) is 35.9 Å². The van der Waals surface area contributed by atoms with Crippen molar-refractivity contribution in [1.29, 1.82) is 0 Å². The van der Waals surface area contributed by atoms with Crippen molar-refractivity contribution in [3.8, 4) is 0 Å². The highest BCUT2D eigenvalue weighted by molar-refractivity contribution is 5.70. The van der Waals surface area contributed by atoms with Gasteiger partial charge >= 0.3 is 12.3 Å². The molecule has 1 rings (SSSR count). The van der Waals surface area contributed by atoms with E-state index in [2.05, 4.69) is 0 Å². The molecule has 0 aliphatic rings. The SMILES string of the molecule is O=C(OCC[NH2+]CCO)OCc1ccccc1.O=C([O-])C(F)(F)F. The number of alkyl halides is 3. The molecule has 0 fully saturated rings. The molecule has 136 valence electrons. The molecule has 0 saturated heterocycles. The molecule has 0 radical (unpaired) electrons. The monoisotopic (exact) mass is 353 g/mol. The average molecular weight is 353 g/mol. The zero-order valence-electron chi connectivity index (χ0n) is 12.6. The number of nitrogens with two attached hydrogens (primary N) is 1. The van der Waals surface area contributed by atoms with Crippen molar-refractivity contribution in [3.63, 3.8) is 0 Å². The molecule has 1 aromatic rings. The molecule has 0 aliphatic heterocycles. The lowest BCUT2D eigenvalue weighted by molar-refractivity contribution is -0.656. The average Bonchev–Trinajstić information content (AvgIpc) is 2.53. The minimum Gasteiger partial charge on any atom is -0.542 e. The molecule has 0 amide bonds. The standard InChI is InChI=1S/C12H17NO4.C2HF3O2/c14-8-6-13-7-9-16-12(15)17-10-11-4-2-1-3-5-11;3-2(4,5)1(6)7/h1-5,13-14H,6-10H2;(H,6,7). The van der Waals surface area contributed by atoms with Gasteiger partial charge in [-0.1, -0.05) is 30.3 Å². The van der Waals surface area contributed by atoms with E-state index in [1.54, 1.807) is 0 Å². The second-order valence-electron chi connectivity index (χ2n) is 4.25. The first-order valence-electron chi connectivity index (χ1n) is 6.81. The zero-order chi connectivity index (χ0) is 18.4. The Bertz CT molecular complexity index is 481. The van der Waals surface area contributed by atoms with Crippen molar-refractivity contribution in [2.45, 2.75) is 12.8 Å². The first-order valence-corrected chi connectivity index (χ1v) is 6.81. The molecule has 0 aliphatic carbocycles. The summed E-state index contributed by atoms with van der Waals surface area (Å²) in [6.45, 7) is 1.87. The first kappa shape index (κ1) is 21.7. The predicted octanol–water partition coefficient (Wildman–Crippen LogP) is -0.806. The number of aliphatic carboxylic acids is 1. The Labute approximate surface area is 136 Å². The first-order chi connectivity index (χ1) is 11.3. The van der Waals surface area contributed by atoms with Crippen LogP contribution in [0.1, 0.15) is 5.56 Å². The van der Waals surface area contributed by atoms with E-state index >= 15 is 0 Å². The van der Waals surface area contributed by atoms with Gasteiger partial charge in [-0.15, -0.1) is 0 Å². The van der Waals surface area contributed by atoms with Crippen molar-refractivity contribution >= 4 is 12.1 Å². The Balaban J connectivity index is 0.000000640. The Morgan fingerprint density at radius 2 is 1.71 bits per heavy atom. The maximum atomic E-state index is 11.1. The fourth-order valence-electron chi connectivity index (χ4n) is 1.22. The fourth-order valence-corrected chi connectivity index (χ4v) is 1.22. The van der Waals surface area contributed by atoms with Gasteiger partial charge in [0.2, 0.25) is 0 Å². The molecule has 0 unspecified atom stereocenters. The molecule has 24 heavy (non-hydrogen) atoms. The van der Waals surface area contributed by atoms with E-state index < -0.39 is 18.3 Å². The molecular weight excluding hydrogens is 335 g/mol. The van der Waals surface area contributed by atoms with Crippen molar-refractivity contribution < 1.29 is 47.8 Å². The number of benzene rings is 1. The quantitative estimate of drug-likeness (QED) is 0.490. The molecule has 0 heterocycles. The summed E-state index contributed by atoms with van der Waals surface area (Å²) in [7, 11) is 0. The van der Waals surface area contributed by atoms with E-state index in [0.29, 0.717) is 13.1 Å². The number of hydrogen-bond donors (Lipinski definition) is 2. The number of aliphatic hydroxyl groups is 1. The van der Waals surface area contributed by atoms with E-state index in [4.69, 9.17) is 24.5 Å². The molecule has 0 atom stereocenters. The Morgan fingerprint density at radius 3 is 2.21 bits per heavy atom. The van der Waals surface area contributed by atoms with Crippen LogP contribution in [-0.4, -0.2) is 49.7 Å². The number of carbonyl (C=O) groups is 2. The van der Waals surface area contributed by atoms with Gasteiger partial charge in [-0.05, 0) is 5.56 Å². The minimum atomic E-state index is -5.19. The van der Waals surface area contributed by atoms with Gasteiger partial charge in [0.1, 0.15) is 25.7 Å². The molecule has 7 nitrogen and oxygen atoms in total. The van der Waals surface area contributed by atoms with Crippen molar-refractivity contribution in [2.24, 2.45) is 0 Å². The number of ether oxygens (including phenoxy) is 2. The molecule has 0 saturated carbocycles. The number of carboxylic acids is 1. The third kappa shape index (κ3) is 12.2. The van der Waals surface area contributed by atoms with Gasteiger partial charge in [0.25, 0.3) is 0 Å². The van der Waals surface area contributed by atoms with Gasteiger partial charge in [0.15, 0.2) is 0 Å². The van der Waals surface area contributed by atoms with E-state index in [9.17, 15) is 18.0 Å². The van der Waals surface area contributed by atoms with Gasteiger partial charge in [-0.3, -0.25) is 0 Å². The van der Waals surface area contributed by atoms with Gasteiger partial charge in [0.05, 0.1) is 13.2 Å². The summed E-state index contributed by atoms with van der Waals surface area (Å²) >= 11 is 0. The van der Waals surface area contributed by atoms with Crippen LogP contribution in [0.15, 0.2) is 30.3 Å². The van der Waals surface area contributed by atoms with Crippen molar-refractivity contribution in [1.82, 2.24) is 0 Å². The van der Waals surface area contributed by atoms with Crippen LogP contribution in [0.4, 0.5) is 18.0 Å². The van der Waals surface area contributed by atoms with Crippen LogP contribution in [0.5, 0.6) is 0 Å². The lowest BCUT2D eigenvalue weighted by Crippen LogP contribution is -2.86. The largest absolute Gasteiger partial charge is 0.542 e. The molecule has 0 spiro atoms. The van der Waals surface area contributed by atoms with Crippen LogP contribution in [0.25, 0.3) is 0 Å². The van der Waals surface area contributed by atoms with Gasteiger partial charge in [-0.2, -0.15) is 13.2 Å². The van der Waals surface area contributed by atoms with Gasteiger partial charge in [0, 0.05) is 0 Å². The third-order valence-electron chi connectivity index (χ3n) is 2.31.